The first-order valence-corrected chi connectivity index (χ1v) is 6.90. The summed E-state index contributed by atoms with van der Waals surface area (Å²) in [6.45, 7) is 2.64. The van der Waals surface area contributed by atoms with Gasteiger partial charge in [0.15, 0.2) is 5.84 Å². The molecule has 6 nitrogen and oxygen atoms in total. The van der Waals surface area contributed by atoms with E-state index in [1.165, 1.54) is 0 Å². The Balaban J connectivity index is 2.76. The highest BCUT2D eigenvalue weighted by Gasteiger charge is 2.24. The Bertz CT molecular complexity index is 474. The number of benzene rings is 1. The topological polar surface area (TPSA) is 91.0 Å². The average Bonchev–Trinajstić information content (AvgIpc) is 2.44. The van der Waals surface area contributed by atoms with E-state index < -0.39 is 5.92 Å². The van der Waals surface area contributed by atoms with Crippen molar-refractivity contribution in [3.63, 3.8) is 0 Å². The van der Waals surface area contributed by atoms with Crippen molar-refractivity contribution in [2.75, 3.05) is 20.6 Å². The highest BCUT2D eigenvalue weighted by atomic mass is 16.4. The van der Waals surface area contributed by atoms with Crippen LogP contribution in [0.25, 0.3) is 0 Å². The molecule has 0 saturated heterocycles. The van der Waals surface area contributed by atoms with Gasteiger partial charge in [-0.3, -0.25) is 4.79 Å². The molecule has 0 heterocycles. The third-order valence-corrected chi connectivity index (χ3v) is 3.10. The first-order valence-electron chi connectivity index (χ1n) is 6.90. The largest absolute Gasteiger partial charge is 0.409 e. The lowest BCUT2D eigenvalue weighted by molar-refractivity contribution is -0.123. The van der Waals surface area contributed by atoms with Crippen molar-refractivity contribution >= 4 is 11.7 Å². The lowest BCUT2D eigenvalue weighted by atomic mass is 9.97. The molecule has 6 heteroatoms. The minimum absolute atomic E-state index is 0.0164. The smallest absolute Gasteiger partial charge is 0.231 e. The molecule has 0 spiro atoms. The second-order valence-corrected chi connectivity index (χ2v) is 5.44. The zero-order valence-corrected chi connectivity index (χ0v) is 12.8. The van der Waals surface area contributed by atoms with Crippen LogP contribution in [0.15, 0.2) is 35.5 Å². The number of amidine groups is 1. The molecule has 0 aliphatic carbocycles. The number of oxime groups is 1. The van der Waals surface area contributed by atoms with E-state index in [4.69, 9.17) is 10.9 Å². The van der Waals surface area contributed by atoms with Crippen molar-refractivity contribution in [1.29, 1.82) is 0 Å². The van der Waals surface area contributed by atoms with Crippen LogP contribution in [0.3, 0.4) is 0 Å². The van der Waals surface area contributed by atoms with E-state index in [-0.39, 0.29) is 17.8 Å². The quantitative estimate of drug-likeness (QED) is 0.298. The van der Waals surface area contributed by atoms with Gasteiger partial charge in [-0.15, -0.1) is 0 Å². The number of rotatable bonds is 7. The maximum atomic E-state index is 12.3. The summed E-state index contributed by atoms with van der Waals surface area (Å²) in [5.41, 5.74) is 6.63. The molecule has 0 bridgehead atoms. The number of nitrogens with one attached hydrogen (secondary N) is 1. The van der Waals surface area contributed by atoms with Gasteiger partial charge in [0.05, 0.1) is 0 Å². The number of likely N-dealkylation sites (N-methyl/N-ethyl adjacent to an activating group) is 1. The van der Waals surface area contributed by atoms with Gasteiger partial charge in [-0.1, -0.05) is 35.5 Å². The first-order chi connectivity index (χ1) is 9.93. The summed E-state index contributed by atoms with van der Waals surface area (Å²) in [5.74, 6) is -0.987. The minimum Gasteiger partial charge on any atom is -0.409 e. The number of hydrogen-bond donors (Lipinski definition) is 3. The van der Waals surface area contributed by atoms with Crippen LogP contribution in [-0.4, -0.2) is 48.5 Å². The Morgan fingerprint density at radius 1 is 1.38 bits per heavy atom. The molecule has 21 heavy (non-hydrogen) atoms. The fourth-order valence-corrected chi connectivity index (χ4v) is 2.19. The molecular weight excluding hydrogens is 268 g/mol. The maximum absolute atomic E-state index is 12.3. The van der Waals surface area contributed by atoms with E-state index >= 15 is 0 Å². The molecule has 0 fully saturated rings. The second kappa shape index (κ2) is 8.26. The van der Waals surface area contributed by atoms with Gasteiger partial charge in [0.25, 0.3) is 0 Å². The average molecular weight is 292 g/mol. The molecule has 4 N–H and O–H groups in total. The van der Waals surface area contributed by atoms with Gasteiger partial charge in [-0.05, 0) is 33.0 Å². The van der Waals surface area contributed by atoms with Crippen LogP contribution in [0.4, 0.5) is 0 Å². The Morgan fingerprint density at radius 2 is 2.00 bits per heavy atom. The van der Waals surface area contributed by atoms with Crippen molar-refractivity contribution in [1.82, 2.24) is 10.2 Å². The number of nitrogens with zero attached hydrogens (tertiary/aromatic N) is 2. The van der Waals surface area contributed by atoms with Gasteiger partial charge < -0.3 is 21.2 Å². The molecule has 1 aromatic carbocycles. The predicted molar refractivity (Wildman–Crippen MR) is 83.2 cm³/mol. The number of hydrogen-bond acceptors (Lipinski definition) is 4. The fourth-order valence-electron chi connectivity index (χ4n) is 2.19. The molecule has 2 unspecified atom stereocenters. The summed E-state index contributed by atoms with van der Waals surface area (Å²) in [7, 11) is 3.88. The molecule has 0 aliphatic rings. The summed E-state index contributed by atoms with van der Waals surface area (Å²) in [6.07, 6.45) is 0.400. The Kier molecular flexibility index (Phi) is 6.68. The summed E-state index contributed by atoms with van der Waals surface area (Å²) in [4.78, 5) is 14.3. The fraction of sp³-hybridized carbons (Fsp3) is 0.467. The van der Waals surface area contributed by atoms with E-state index in [0.29, 0.717) is 6.42 Å². The molecule has 2 atom stereocenters. The van der Waals surface area contributed by atoms with Crippen LogP contribution in [0.1, 0.15) is 12.5 Å². The van der Waals surface area contributed by atoms with E-state index in [1.807, 2.05) is 56.3 Å². The Labute approximate surface area is 125 Å². The summed E-state index contributed by atoms with van der Waals surface area (Å²) in [6, 6.07) is 9.50. The van der Waals surface area contributed by atoms with Gasteiger partial charge in [0.2, 0.25) is 5.91 Å². The van der Waals surface area contributed by atoms with Crippen LogP contribution in [0.2, 0.25) is 0 Å². The highest BCUT2D eigenvalue weighted by Crippen LogP contribution is 2.10. The first kappa shape index (κ1) is 17.0. The van der Waals surface area contributed by atoms with Crippen molar-refractivity contribution in [3.8, 4) is 0 Å². The van der Waals surface area contributed by atoms with Crippen molar-refractivity contribution < 1.29 is 10.0 Å². The molecule has 0 aliphatic heterocycles. The third-order valence-electron chi connectivity index (χ3n) is 3.10. The van der Waals surface area contributed by atoms with E-state index in [2.05, 4.69) is 10.5 Å². The lowest BCUT2D eigenvalue weighted by Gasteiger charge is -2.22. The lowest BCUT2D eigenvalue weighted by Crippen LogP contribution is -2.46. The molecule has 1 rings (SSSR count). The van der Waals surface area contributed by atoms with E-state index in [1.54, 1.807) is 0 Å². The van der Waals surface area contributed by atoms with Crippen molar-refractivity contribution in [2.45, 2.75) is 19.4 Å². The van der Waals surface area contributed by atoms with Crippen LogP contribution in [-0.2, 0) is 11.2 Å². The van der Waals surface area contributed by atoms with Crippen LogP contribution >= 0.6 is 0 Å². The molecular formula is C15H24N4O2. The monoisotopic (exact) mass is 292 g/mol. The summed E-state index contributed by atoms with van der Waals surface area (Å²) in [5, 5.41) is 14.8. The van der Waals surface area contributed by atoms with Crippen molar-refractivity contribution in [2.24, 2.45) is 16.8 Å². The maximum Gasteiger partial charge on any atom is 0.231 e. The molecule has 0 saturated carbocycles. The third kappa shape index (κ3) is 5.83. The number of carbonyl (C=O) groups excluding carboxylic acids is 1. The van der Waals surface area contributed by atoms with Crippen LogP contribution < -0.4 is 11.1 Å². The number of nitrogens with two attached hydrogens (primary N) is 1. The van der Waals surface area contributed by atoms with Gasteiger partial charge in [-0.2, -0.15) is 0 Å². The Hall–Kier alpha value is -2.08. The standard InChI is InChI=1S/C15H24N4O2/c1-11(10-19(2)3)17-15(20)13(14(16)18-21)9-12-7-5-4-6-8-12/h4-8,11,13,21H,9-10H2,1-3H3,(H2,16,18)(H,17,20). The van der Waals surface area contributed by atoms with Crippen LogP contribution in [0.5, 0.6) is 0 Å². The zero-order chi connectivity index (χ0) is 15.8. The minimum atomic E-state index is -0.679. The molecule has 0 radical (unpaired) electrons. The Morgan fingerprint density at radius 3 is 2.52 bits per heavy atom. The number of amides is 1. The van der Waals surface area contributed by atoms with Crippen molar-refractivity contribution in [3.05, 3.63) is 35.9 Å². The van der Waals surface area contributed by atoms with E-state index in [9.17, 15) is 4.79 Å². The van der Waals surface area contributed by atoms with Gasteiger partial charge in [0.1, 0.15) is 5.92 Å². The molecule has 1 aromatic rings. The van der Waals surface area contributed by atoms with Gasteiger partial charge in [0, 0.05) is 12.6 Å². The normalized spacial score (nSPS) is 14.8. The zero-order valence-electron chi connectivity index (χ0n) is 12.8. The van der Waals surface area contributed by atoms with Gasteiger partial charge in [-0.25, -0.2) is 0 Å². The summed E-state index contributed by atoms with van der Waals surface area (Å²) >= 11 is 0. The number of carbonyl (C=O) groups is 1. The molecule has 0 aromatic heterocycles. The molecule has 116 valence electrons. The summed E-state index contributed by atoms with van der Waals surface area (Å²) < 4.78 is 0. The SMILES string of the molecule is CC(CN(C)C)NC(=O)C(Cc1ccccc1)/C(N)=N/O. The van der Waals surface area contributed by atoms with Crippen LogP contribution in [0, 0.1) is 5.92 Å². The predicted octanol–water partition coefficient (Wildman–Crippen LogP) is 0.658. The van der Waals surface area contributed by atoms with E-state index in [0.717, 1.165) is 12.1 Å². The highest BCUT2D eigenvalue weighted by molar-refractivity contribution is 6.02. The second-order valence-electron chi connectivity index (χ2n) is 5.44. The van der Waals surface area contributed by atoms with Gasteiger partial charge >= 0.3 is 0 Å². The molecule has 1 amide bonds.